The largest absolute Gasteiger partial charge is 0.483 e. The lowest BCUT2D eigenvalue weighted by molar-refractivity contribution is -0.142. The molecule has 0 aliphatic carbocycles. The van der Waals surface area contributed by atoms with Crippen molar-refractivity contribution in [2.75, 3.05) is 33.4 Å². The van der Waals surface area contributed by atoms with E-state index in [-0.39, 0.29) is 31.0 Å². The average Bonchev–Trinajstić information content (AvgIpc) is 3.10. The molecule has 0 aromatic heterocycles. The van der Waals surface area contributed by atoms with Gasteiger partial charge in [-0.15, -0.1) is 0 Å². The van der Waals surface area contributed by atoms with Gasteiger partial charge in [0, 0.05) is 19.7 Å². The fourth-order valence-corrected chi connectivity index (χ4v) is 2.93. The van der Waals surface area contributed by atoms with Crippen LogP contribution in [0, 0.1) is 13.8 Å². The molecule has 25 heavy (non-hydrogen) atoms. The molecule has 0 N–H and O–H groups in total. The summed E-state index contributed by atoms with van der Waals surface area (Å²) in [5.41, 5.74) is 1.99. The predicted octanol–water partition coefficient (Wildman–Crippen LogP) is 2.25. The fourth-order valence-electron chi connectivity index (χ4n) is 2.93. The van der Waals surface area contributed by atoms with Crippen LogP contribution in [0.5, 0.6) is 5.75 Å². The number of carbonyl (C=O) groups excluding carboxylic acids is 2. The van der Waals surface area contributed by atoms with Crippen LogP contribution in [0.3, 0.4) is 0 Å². The quantitative estimate of drug-likeness (QED) is 0.674. The van der Waals surface area contributed by atoms with Crippen LogP contribution in [0.4, 0.5) is 0 Å². The van der Waals surface area contributed by atoms with E-state index in [0.717, 1.165) is 36.3 Å². The van der Waals surface area contributed by atoms with Gasteiger partial charge in [0.15, 0.2) is 6.61 Å². The van der Waals surface area contributed by atoms with Crippen molar-refractivity contribution in [3.63, 3.8) is 0 Å². The zero-order valence-electron chi connectivity index (χ0n) is 15.2. The Hall–Kier alpha value is -2.08. The minimum Gasteiger partial charge on any atom is -0.483 e. The number of aryl methyl sites for hydroxylation is 2. The van der Waals surface area contributed by atoms with Crippen LogP contribution in [0.2, 0.25) is 0 Å². The number of amides is 1. The Morgan fingerprint density at radius 3 is 2.60 bits per heavy atom. The topological polar surface area (TPSA) is 65.1 Å². The molecule has 1 atom stereocenters. The molecule has 6 heteroatoms. The van der Waals surface area contributed by atoms with Gasteiger partial charge in [0.25, 0.3) is 5.91 Å². The Balaban J connectivity index is 1.96. The number of esters is 1. The van der Waals surface area contributed by atoms with E-state index in [1.807, 2.05) is 32.0 Å². The van der Waals surface area contributed by atoms with Gasteiger partial charge < -0.3 is 19.1 Å². The van der Waals surface area contributed by atoms with Crippen LogP contribution in [0.25, 0.3) is 0 Å². The van der Waals surface area contributed by atoms with E-state index in [4.69, 9.17) is 9.47 Å². The highest BCUT2D eigenvalue weighted by Gasteiger charge is 2.23. The Morgan fingerprint density at radius 2 is 2.00 bits per heavy atom. The van der Waals surface area contributed by atoms with Gasteiger partial charge in [0.2, 0.25) is 0 Å². The fraction of sp³-hybridized carbons (Fsp3) is 0.579. The van der Waals surface area contributed by atoms with Crippen molar-refractivity contribution >= 4 is 11.9 Å². The van der Waals surface area contributed by atoms with Crippen molar-refractivity contribution in [2.45, 2.75) is 39.2 Å². The molecule has 1 aromatic rings. The van der Waals surface area contributed by atoms with E-state index in [1.54, 1.807) is 4.90 Å². The second-order valence-corrected chi connectivity index (χ2v) is 6.31. The SMILES string of the molecule is COC(=O)CCN(CC1CCCO1)C(=O)COc1c(C)cccc1C. The Kier molecular flexibility index (Phi) is 7.25. The first kappa shape index (κ1) is 19.2. The van der Waals surface area contributed by atoms with Gasteiger partial charge in [0.1, 0.15) is 5.75 Å². The van der Waals surface area contributed by atoms with E-state index in [0.29, 0.717) is 13.1 Å². The predicted molar refractivity (Wildman–Crippen MR) is 93.6 cm³/mol. The first-order valence-electron chi connectivity index (χ1n) is 8.66. The molecule has 1 aromatic carbocycles. The number of rotatable bonds is 8. The standard InChI is InChI=1S/C19H27NO5/c1-14-6-4-7-15(2)19(14)25-13-17(21)20(10-9-18(22)23-3)12-16-8-5-11-24-16/h4,6-7,16H,5,8-13H2,1-3H3. The Morgan fingerprint density at radius 1 is 1.28 bits per heavy atom. The molecule has 1 aliphatic heterocycles. The first-order valence-corrected chi connectivity index (χ1v) is 8.66. The third-order valence-electron chi connectivity index (χ3n) is 4.36. The number of nitrogens with zero attached hydrogens (tertiary/aromatic N) is 1. The van der Waals surface area contributed by atoms with Crippen LogP contribution in [0.1, 0.15) is 30.4 Å². The van der Waals surface area contributed by atoms with Gasteiger partial charge in [-0.3, -0.25) is 9.59 Å². The third-order valence-corrected chi connectivity index (χ3v) is 4.36. The molecule has 6 nitrogen and oxygen atoms in total. The summed E-state index contributed by atoms with van der Waals surface area (Å²) in [7, 11) is 1.35. The molecule has 1 fully saturated rings. The minimum atomic E-state index is -0.333. The number of hydrogen-bond donors (Lipinski definition) is 0. The number of para-hydroxylation sites is 1. The van der Waals surface area contributed by atoms with Crippen LogP contribution < -0.4 is 4.74 Å². The van der Waals surface area contributed by atoms with E-state index in [9.17, 15) is 9.59 Å². The van der Waals surface area contributed by atoms with Crippen LogP contribution in [-0.2, 0) is 19.1 Å². The molecule has 1 aliphatic rings. The van der Waals surface area contributed by atoms with Crippen molar-refractivity contribution in [2.24, 2.45) is 0 Å². The number of ether oxygens (including phenoxy) is 3. The lowest BCUT2D eigenvalue weighted by Gasteiger charge is -2.25. The van der Waals surface area contributed by atoms with E-state index in [1.165, 1.54) is 7.11 Å². The highest BCUT2D eigenvalue weighted by molar-refractivity contribution is 5.78. The maximum Gasteiger partial charge on any atom is 0.307 e. The van der Waals surface area contributed by atoms with E-state index < -0.39 is 0 Å². The van der Waals surface area contributed by atoms with Gasteiger partial charge in [0.05, 0.1) is 19.6 Å². The molecule has 1 unspecified atom stereocenters. The number of methoxy groups -OCH3 is 1. The molecule has 1 heterocycles. The number of benzene rings is 1. The summed E-state index contributed by atoms with van der Waals surface area (Å²) in [6.07, 6.45) is 2.13. The van der Waals surface area contributed by atoms with Gasteiger partial charge in [-0.25, -0.2) is 0 Å². The van der Waals surface area contributed by atoms with E-state index in [2.05, 4.69) is 4.74 Å². The third kappa shape index (κ3) is 5.74. The summed E-state index contributed by atoms with van der Waals surface area (Å²) in [6.45, 7) is 5.36. The molecule has 0 radical (unpaired) electrons. The van der Waals surface area contributed by atoms with Gasteiger partial charge in [-0.05, 0) is 37.8 Å². The van der Waals surface area contributed by atoms with Gasteiger partial charge >= 0.3 is 5.97 Å². The summed E-state index contributed by atoms with van der Waals surface area (Å²) in [6, 6.07) is 5.86. The molecule has 2 rings (SSSR count). The monoisotopic (exact) mass is 349 g/mol. The number of carbonyl (C=O) groups is 2. The van der Waals surface area contributed by atoms with Crippen molar-refractivity contribution < 1.29 is 23.8 Å². The van der Waals surface area contributed by atoms with Crippen LogP contribution in [-0.4, -0.2) is 56.3 Å². The van der Waals surface area contributed by atoms with Crippen molar-refractivity contribution in [1.29, 1.82) is 0 Å². The second-order valence-electron chi connectivity index (χ2n) is 6.31. The summed E-state index contributed by atoms with van der Waals surface area (Å²) in [5.74, 6) is 0.253. The van der Waals surface area contributed by atoms with Crippen molar-refractivity contribution in [3.05, 3.63) is 29.3 Å². The molecular weight excluding hydrogens is 322 g/mol. The molecular formula is C19H27NO5. The zero-order chi connectivity index (χ0) is 18.2. The zero-order valence-corrected chi connectivity index (χ0v) is 15.2. The summed E-state index contributed by atoms with van der Waals surface area (Å²) in [4.78, 5) is 25.7. The van der Waals surface area contributed by atoms with E-state index >= 15 is 0 Å². The molecule has 1 saturated heterocycles. The highest BCUT2D eigenvalue weighted by Crippen LogP contribution is 2.22. The normalized spacial score (nSPS) is 16.5. The van der Waals surface area contributed by atoms with Crippen LogP contribution in [0.15, 0.2) is 18.2 Å². The molecule has 0 saturated carbocycles. The molecule has 0 spiro atoms. The molecule has 1 amide bonds. The summed E-state index contributed by atoms with van der Waals surface area (Å²) in [5, 5.41) is 0. The molecule has 138 valence electrons. The lowest BCUT2D eigenvalue weighted by atomic mass is 10.1. The smallest absolute Gasteiger partial charge is 0.307 e. The average molecular weight is 349 g/mol. The van der Waals surface area contributed by atoms with Gasteiger partial charge in [-0.2, -0.15) is 0 Å². The van der Waals surface area contributed by atoms with Crippen molar-refractivity contribution in [1.82, 2.24) is 4.90 Å². The first-order chi connectivity index (χ1) is 12.0. The number of hydrogen-bond acceptors (Lipinski definition) is 5. The minimum absolute atomic E-state index is 0.0294. The summed E-state index contributed by atoms with van der Waals surface area (Å²) >= 11 is 0. The summed E-state index contributed by atoms with van der Waals surface area (Å²) < 4.78 is 16.0. The maximum atomic E-state index is 12.6. The Bertz CT molecular complexity index is 575. The second kappa shape index (κ2) is 9.42. The highest BCUT2D eigenvalue weighted by atomic mass is 16.5. The van der Waals surface area contributed by atoms with Crippen molar-refractivity contribution in [3.8, 4) is 5.75 Å². The van der Waals surface area contributed by atoms with Gasteiger partial charge in [-0.1, -0.05) is 18.2 Å². The van der Waals surface area contributed by atoms with Crippen LogP contribution >= 0.6 is 0 Å². The molecule has 0 bridgehead atoms. The Labute approximate surface area is 149 Å². The maximum absolute atomic E-state index is 12.6. The lowest BCUT2D eigenvalue weighted by Crippen LogP contribution is -2.41.